The molecular formula is C23H26ClN5O8P2. The van der Waals surface area contributed by atoms with Gasteiger partial charge in [-0.25, -0.2) is 4.98 Å². The van der Waals surface area contributed by atoms with Gasteiger partial charge in [0, 0.05) is 12.7 Å². The Morgan fingerprint density at radius 2 is 1.77 bits per heavy atom. The number of ether oxygens (including phenoxy) is 1. The van der Waals surface area contributed by atoms with Crippen LogP contribution in [0.3, 0.4) is 0 Å². The molecule has 39 heavy (non-hydrogen) atoms. The summed E-state index contributed by atoms with van der Waals surface area (Å²) in [4.78, 5) is 40.8. The molecule has 5 atom stereocenters. The highest BCUT2D eigenvalue weighted by Crippen LogP contribution is 2.55. The van der Waals surface area contributed by atoms with E-state index in [0.29, 0.717) is 17.9 Å². The Balaban J connectivity index is 1.34. The fourth-order valence-electron chi connectivity index (χ4n) is 4.62. The van der Waals surface area contributed by atoms with E-state index in [-0.39, 0.29) is 17.4 Å². The predicted molar refractivity (Wildman–Crippen MR) is 144 cm³/mol. The van der Waals surface area contributed by atoms with Crippen molar-refractivity contribution in [2.75, 3.05) is 17.4 Å². The molecule has 0 amide bonds. The first-order valence-corrected chi connectivity index (χ1v) is 16.1. The second kappa shape index (κ2) is 10.9. The average molecular weight is 598 g/mol. The van der Waals surface area contributed by atoms with Crippen LogP contribution in [0.25, 0.3) is 21.9 Å². The number of halogens is 1. The maximum atomic E-state index is 12.2. The maximum absolute atomic E-state index is 12.2. The van der Waals surface area contributed by atoms with Gasteiger partial charge < -0.3 is 34.9 Å². The average Bonchev–Trinajstić information content (AvgIpc) is 3.40. The number of aromatic nitrogens is 4. The van der Waals surface area contributed by atoms with E-state index in [0.717, 1.165) is 16.3 Å². The fourth-order valence-corrected chi connectivity index (χ4v) is 8.31. The number of aliphatic hydroxyl groups excluding tert-OH is 2. The van der Waals surface area contributed by atoms with Gasteiger partial charge >= 0.3 is 7.60 Å². The minimum absolute atomic E-state index is 0.0893. The van der Waals surface area contributed by atoms with Crippen LogP contribution in [-0.2, 0) is 20.4 Å². The van der Waals surface area contributed by atoms with Gasteiger partial charge in [0.05, 0.1) is 12.4 Å². The standard InChI is InChI=1S/C23H26ClN5O8P2/c24-23-27-20(25-10-13-5-6-14-3-1-2-4-15(14)9-13)17-21(28-23)29(11-26-17)22-19(31)18(30)16(37-22)7-8-38(32,33)12-39(34,35)36/h1-6,9,11,16,18-19,22,30-31H,7-8,10,12H2,(H,32,33)(H,25,27,28)(H2,34,35,36)/t16-,18?,19+,22-/m1/s1. The zero-order valence-electron chi connectivity index (χ0n) is 20.3. The topological polar surface area (TPSA) is 200 Å². The Kier molecular flexibility index (Phi) is 7.82. The van der Waals surface area contributed by atoms with Crippen molar-refractivity contribution < 1.29 is 38.8 Å². The second-order valence-electron chi connectivity index (χ2n) is 9.41. The van der Waals surface area contributed by atoms with Crippen molar-refractivity contribution in [2.45, 2.75) is 37.5 Å². The number of hydrogen-bond donors (Lipinski definition) is 6. The molecule has 1 aliphatic rings. The predicted octanol–water partition coefficient (Wildman–Crippen LogP) is 2.66. The van der Waals surface area contributed by atoms with Crippen LogP contribution < -0.4 is 5.32 Å². The van der Waals surface area contributed by atoms with Crippen LogP contribution in [0.4, 0.5) is 5.82 Å². The minimum Gasteiger partial charge on any atom is -0.388 e. The molecule has 3 heterocycles. The summed E-state index contributed by atoms with van der Waals surface area (Å²) in [7, 11) is -8.91. The summed E-state index contributed by atoms with van der Waals surface area (Å²) in [6, 6.07) is 14.0. The summed E-state index contributed by atoms with van der Waals surface area (Å²) >= 11 is 6.19. The number of anilines is 1. The number of rotatable bonds is 9. The Bertz CT molecular complexity index is 1610. The van der Waals surface area contributed by atoms with Gasteiger partial charge in [-0.2, -0.15) is 9.97 Å². The van der Waals surface area contributed by atoms with Crippen LogP contribution in [0.2, 0.25) is 5.28 Å². The summed E-state index contributed by atoms with van der Waals surface area (Å²) < 4.78 is 30.5. The van der Waals surface area contributed by atoms with E-state index >= 15 is 0 Å². The summed E-state index contributed by atoms with van der Waals surface area (Å²) in [5, 5.41) is 26.5. The third-order valence-electron chi connectivity index (χ3n) is 6.45. The highest BCUT2D eigenvalue weighted by atomic mass is 35.5. The first-order chi connectivity index (χ1) is 18.4. The van der Waals surface area contributed by atoms with Crippen LogP contribution in [0.15, 0.2) is 48.8 Å². The van der Waals surface area contributed by atoms with Gasteiger partial charge in [0.2, 0.25) is 12.7 Å². The molecule has 1 fully saturated rings. The number of hydrogen-bond acceptors (Lipinski definition) is 9. The van der Waals surface area contributed by atoms with E-state index in [1.165, 1.54) is 10.9 Å². The monoisotopic (exact) mass is 597 g/mol. The third kappa shape index (κ3) is 6.33. The van der Waals surface area contributed by atoms with Crippen molar-refractivity contribution in [1.82, 2.24) is 19.5 Å². The van der Waals surface area contributed by atoms with Crippen LogP contribution in [0, 0.1) is 0 Å². The first kappa shape index (κ1) is 28.1. The molecule has 1 saturated heterocycles. The fraction of sp³-hybridized carbons (Fsp3) is 0.348. The van der Waals surface area contributed by atoms with E-state index < -0.39 is 51.6 Å². The molecule has 0 bridgehead atoms. The lowest BCUT2D eigenvalue weighted by Crippen LogP contribution is -2.32. The lowest BCUT2D eigenvalue weighted by Gasteiger charge is -2.18. The van der Waals surface area contributed by atoms with Crippen LogP contribution >= 0.6 is 26.6 Å². The number of aliphatic hydroxyl groups is 2. The van der Waals surface area contributed by atoms with E-state index in [1.54, 1.807) is 0 Å². The molecular weight excluding hydrogens is 572 g/mol. The van der Waals surface area contributed by atoms with E-state index in [2.05, 4.69) is 26.3 Å². The number of nitrogens with zero attached hydrogens (tertiary/aromatic N) is 4. The van der Waals surface area contributed by atoms with Gasteiger partial charge in [0.15, 0.2) is 23.2 Å². The van der Waals surface area contributed by atoms with Crippen molar-refractivity contribution in [3.63, 3.8) is 0 Å². The lowest BCUT2D eigenvalue weighted by molar-refractivity contribution is -0.0354. The SMILES string of the molecule is O=P(O)(O)CP(=O)(O)CC[C@H]1O[C@@H](n2cnc3c(NCc4ccc5ccccc5c4)nc(Cl)nc32)[C@@H](O)C1O. The van der Waals surface area contributed by atoms with Gasteiger partial charge in [-0.15, -0.1) is 0 Å². The number of imidazole rings is 1. The van der Waals surface area contributed by atoms with E-state index in [4.69, 9.17) is 26.1 Å². The summed E-state index contributed by atoms with van der Waals surface area (Å²) in [5.41, 5.74) is 1.56. The molecule has 2 unspecified atom stereocenters. The van der Waals surface area contributed by atoms with Crippen LogP contribution in [0.5, 0.6) is 0 Å². The largest absolute Gasteiger partial charge is 0.388 e. The molecule has 4 aromatic rings. The summed E-state index contributed by atoms with van der Waals surface area (Å²) in [6.45, 7) is 0.416. The van der Waals surface area contributed by atoms with Crippen molar-refractivity contribution in [3.05, 3.63) is 59.6 Å². The summed E-state index contributed by atoms with van der Waals surface area (Å²) in [6.07, 6.45) is -4.51. The van der Waals surface area contributed by atoms with Crippen molar-refractivity contribution in [3.8, 4) is 0 Å². The van der Waals surface area contributed by atoms with E-state index in [1.807, 2.05) is 36.4 Å². The van der Waals surface area contributed by atoms with Gasteiger partial charge in [-0.05, 0) is 40.4 Å². The molecule has 0 spiro atoms. The minimum atomic E-state index is -4.71. The molecule has 13 nitrogen and oxygen atoms in total. The maximum Gasteiger partial charge on any atom is 0.335 e. The molecule has 0 radical (unpaired) electrons. The second-order valence-corrected chi connectivity index (χ2v) is 14.3. The molecule has 0 saturated carbocycles. The Morgan fingerprint density at radius 3 is 2.51 bits per heavy atom. The molecule has 2 aromatic heterocycles. The molecule has 0 aliphatic carbocycles. The molecule has 5 rings (SSSR count). The zero-order chi connectivity index (χ0) is 27.9. The van der Waals surface area contributed by atoms with Crippen LogP contribution in [-0.4, -0.2) is 74.8 Å². The summed E-state index contributed by atoms with van der Waals surface area (Å²) in [5.74, 6) is -0.828. The highest BCUT2D eigenvalue weighted by molar-refractivity contribution is 7.72. The quantitative estimate of drug-likeness (QED) is 0.122. The normalized spacial score (nSPS) is 23.3. The van der Waals surface area contributed by atoms with Crippen LogP contribution in [0.1, 0.15) is 18.2 Å². The van der Waals surface area contributed by atoms with Gasteiger partial charge in [-0.3, -0.25) is 13.7 Å². The molecule has 2 aromatic carbocycles. The van der Waals surface area contributed by atoms with Gasteiger partial charge in [0.1, 0.15) is 18.1 Å². The van der Waals surface area contributed by atoms with Crippen molar-refractivity contribution in [2.24, 2.45) is 0 Å². The zero-order valence-corrected chi connectivity index (χ0v) is 22.8. The highest BCUT2D eigenvalue weighted by Gasteiger charge is 2.45. The number of benzene rings is 2. The van der Waals surface area contributed by atoms with Crippen molar-refractivity contribution >= 4 is 54.3 Å². The number of fused-ring (bicyclic) bond motifs is 2. The van der Waals surface area contributed by atoms with E-state index in [9.17, 15) is 24.2 Å². The molecule has 6 N–H and O–H groups in total. The molecule has 16 heteroatoms. The molecule has 208 valence electrons. The first-order valence-electron chi connectivity index (χ1n) is 11.9. The van der Waals surface area contributed by atoms with Gasteiger partial charge in [-0.1, -0.05) is 36.4 Å². The van der Waals surface area contributed by atoms with Crippen molar-refractivity contribution in [1.29, 1.82) is 0 Å². The Morgan fingerprint density at radius 1 is 1.03 bits per heavy atom. The lowest BCUT2D eigenvalue weighted by atomic mass is 10.1. The third-order valence-corrected chi connectivity index (χ3v) is 10.8. The Hall–Kier alpha value is -2.44. The van der Waals surface area contributed by atoms with Gasteiger partial charge in [0.25, 0.3) is 0 Å². The molecule has 1 aliphatic heterocycles. The Labute approximate surface area is 227 Å². The smallest absolute Gasteiger partial charge is 0.335 e. The number of nitrogens with one attached hydrogen (secondary N) is 1.